The number of hydrogen-bond acceptors (Lipinski definition) is 2. The van der Waals surface area contributed by atoms with E-state index in [1.54, 1.807) is 0 Å². The van der Waals surface area contributed by atoms with Crippen molar-refractivity contribution in [1.82, 2.24) is 10.2 Å². The summed E-state index contributed by atoms with van der Waals surface area (Å²) in [4.78, 5) is 26.7. The maximum absolute atomic E-state index is 12.7. The van der Waals surface area contributed by atoms with Crippen LogP contribution in [0.5, 0.6) is 0 Å². The predicted octanol–water partition coefficient (Wildman–Crippen LogP) is 3.20. The Morgan fingerprint density at radius 1 is 1.33 bits per heavy atom. The number of benzene rings is 1. The number of amides is 2. The van der Waals surface area contributed by atoms with E-state index in [4.69, 9.17) is 0 Å². The Morgan fingerprint density at radius 2 is 2.04 bits per heavy atom. The molecule has 1 heterocycles. The van der Waals surface area contributed by atoms with Gasteiger partial charge in [-0.25, -0.2) is 0 Å². The molecule has 0 aromatic heterocycles. The van der Waals surface area contributed by atoms with Gasteiger partial charge < -0.3 is 10.2 Å². The van der Waals surface area contributed by atoms with Crippen molar-refractivity contribution in [2.45, 2.75) is 60.0 Å². The van der Waals surface area contributed by atoms with Crippen molar-refractivity contribution in [3.8, 4) is 0 Å². The van der Waals surface area contributed by atoms with Gasteiger partial charge in [-0.1, -0.05) is 37.6 Å². The molecule has 0 unspecified atom stereocenters. The van der Waals surface area contributed by atoms with Crippen molar-refractivity contribution in [2.24, 2.45) is 11.8 Å². The van der Waals surface area contributed by atoms with Crippen molar-refractivity contribution >= 4 is 11.8 Å². The summed E-state index contributed by atoms with van der Waals surface area (Å²) < 4.78 is 0. The summed E-state index contributed by atoms with van der Waals surface area (Å²) in [6, 6.07) is 6.25. The Bertz CT molecular complexity index is 610. The molecule has 1 aliphatic rings. The number of likely N-dealkylation sites (tertiary alicyclic amines) is 1. The molecule has 0 radical (unpaired) electrons. The topological polar surface area (TPSA) is 49.4 Å². The second-order valence-corrected chi connectivity index (χ2v) is 7.47. The molecule has 2 atom stereocenters. The number of nitrogens with zero attached hydrogens (tertiary/aromatic N) is 1. The zero-order valence-electron chi connectivity index (χ0n) is 15.6. The van der Waals surface area contributed by atoms with E-state index in [9.17, 15) is 9.59 Å². The van der Waals surface area contributed by atoms with Crippen molar-refractivity contribution in [2.75, 3.05) is 6.54 Å². The third-order valence-electron chi connectivity index (χ3n) is 4.92. The van der Waals surface area contributed by atoms with E-state index in [0.717, 1.165) is 12.1 Å². The third-order valence-corrected chi connectivity index (χ3v) is 4.92. The van der Waals surface area contributed by atoms with Crippen LogP contribution in [0.2, 0.25) is 0 Å². The number of aryl methyl sites for hydroxylation is 2. The molecule has 132 valence electrons. The van der Waals surface area contributed by atoms with Crippen molar-refractivity contribution in [3.63, 3.8) is 0 Å². The molecule has 4 heteroatoms. The number of nitrogens with one attached hydrogen (secondary N) is 1. The van der Waals surface area contributed by atoms with Gasteiger partial charge in [-0.2, -0.15) is 0 Å². The zero-order valence-corrected chi connectivity index (χ0v) is 15.6. The quantitative estimate of drug-likeness (QED) is 0.901. The fourth-order valence-electron chi connectivity index (χ4n) is 3.42. The Balaban J connectivity index is 2.01. The highest BCUT2D eigenvalue weighted by Crippen LogP contribution is 2.25. The fraction of sp³-hybridized carbons (Fsp3) is 0.600. The van der Waals surface area contributed by atoms with Crippen LogP contribution >= 0.6 is 0 Å². The van der Waals surface area contributed by atoms with Gasteiger partial charge in [0.25, 0.3) is 0 Å². The van der Waals surface area contributed by atoms with E-state index in [1.165, 1.54) is 11.1 Å². The van der Waals surface area contributed by atoms with Crippen LogP contribution < -0.4 is 5.32 Å². The lowest BCUT2D eigenvalue weighted by Gasteiger charge is -2.39. The molecule has 1 aromatic rings. The van der Waals surface area contributed by atoms with E-state index in [0.29, 0.717) is 25.3 Å². The largest absolute Gasteiger partial charge is 0.352 e. The molecule has 0 saturated carbocycles. The lowest BCUT2D eigenvalue weighted by Crippen LogP contribution is -2.52. The first-order chi connectivity index (χ1) is 11.3. The Hall–Kier alpha value is -1.84. The van der Waals surface area contributed by atoms with Gasteiger partial charge in [0.15, 0.2) is 0 Å². The van der Waals surface area contributed by atoms with E-state index in [1.807, 2.05) is 11.8 Å². The van der Waals surface area contributed by atoms with Crippen molar-refractivity contribution < 1.29 is 9.59 Å². The summed E-state index contributed by atoms with van der Waals surface area (Å²) in [6.07, 6.45) is 1.12. The van der Waals surface area contributed by atoms with Gasteiger partial charge in [0.1, 0.15) is 0 Å². The molecular weight excluding hydrogens is 300 g/mol. The smallest absolute Gasteiger partial charge is 0.225 e. The second-order valence-electron chi connectivity index (χ2n) is 7.47. The SMILES string of the molecule is Cc1ccc(C)c(CNC(=O)[C@@H]2CCC(=O)N(CC(C)C)[C@@H]2C)c1. The zero-order chi connectivity index (χ0) is 17.9. The molecule has 1 N–H and O–H groups in total. The summed E-state index contributed by atoms with van der Waals surface area (Å²) in [6.45, 7) is 11.6. The fourth-order valence-corrected chi connectivity index (χ4v) is 3.42. The third kappa shape index (κ3) is 4.37. The van der Waals surface area contributed by atoms with Crippen molar-refractivity contribution in [1.29, 1.82) is 0 Å². The highest BCUT2D eigenvalue weighted by atomic mass is 16.2. The number of carbonyl (C=O) groups is 2. The second kappa shape index (κ2) is 7.82. The standard InChI is InChI=1S/C20H30N2O2/c1-13(2)12-22-16(5)18(8-9-19(22)23)20(24)21-11-17-10-14(3)6-7-15(17)4/h6-7,10,13,16,18H,8-9,11-12H2,1-5H3,(H,21,24)/t16-,18-/m1/s1. The number of carbonyl (C=O) groups excluding carboxylic acids is 2. The average molecular weight is 330 g/mol. The molecule has 0 spiro atoms. The minimum atomic E-state index is -0.119. The maximum Gasteiger partial charge on any atom is 0.225 e. The van der Waals surface area contributed by atoms with Gasteiger partial charge in [-0.15, -0.1) is 0 Å². The molecule has 2 rings (SSSR count). The van der Waals surface area contributed by atoms with Crippen LogP contribution in [0.3, 0.4) is 0 Å². The number of hydrogen-bond donors (Lipinski definition) is 1. The molecule has 4 nitrogen and oxygen atoms in total. The van der Waals surface area contributed by atoms with Crippen LogP contribution in [0.15, 0.2) is 18.2 Å². The van der Waals surface area contributed by atoms with E-state index < -0.39 is 0 Å². The van der Waals surface area contributed by atoms with Gasteiger partial charge in [0.2, 0.25) is 11.8 Å². The maximum atomic E-state index is 12.7. The van der Waals surface area contributed by atoms with Crippen LogP contribution in [0.1, 0.15) is 50.3 Å². The summed E-state index contributed by atoms with van der Waals surface area (Å²) in [5.74, 6) is 0.527. The van der Waals surface area contributed by atoms with Gasteiger partial charge in [-0.05, 0) is 44.2 Å². The lowest BCUT2D eigenvalue weighted by molar-refractivity contribution is -0.143. The molecule has 1 saturated heterocycles. The molecule has 1 aliphatic heterocycles. The Morgan fingerprint density at radius 3 is 2.71 bits per heavy atom. The first-order valence-corrected chi connectivity index (χ1v) is 8.93. The van der Waals surface area contributed by atoms with Crippen LogP contribution in [-0.2, 0) is 16.1 Å². The summed E-state index contributed by atoms with van der Waals surface area (Å²) in [5.41, 5.74) is 3.54. The van der Waals surface area contributed by atoms with Crippen LogP contribution in [-0.4, -0.2) is 29.3 Å². The van der Waals surface area contributed by atoms with Gasteiger partial charge in [-0.3, -0.25) is 9.59 Å². The summed E-state index contributed by atoms with van der Waals surface area (Å²) >= 11 is 0. The average Bonchev–Trinajstić information content (AvgIpc) is 2.52. The normalized spacial score (nSPS) is 21.2. The lowest BCUT2D eigenvalue weighted by atomic mass is 9.88. The minimum Gasteiger partial charge on any atom is -0.352 e. The van der Waals surface area contributed by atoms with E-state index >= 15 is 0 Å². The number of piperidine rings is 1. The van der Waals surface area contributed by atoms with E-state index in [-0.39, 0.29) is 23.8 Å². The molecule has 1 aromatic carbocycles. The van der Waals surface area contributed by atoms with Gasteiger partial charge in [0, 0.05) is 25.6 Å². The van der Waals surface area contributed by atoms with Crippen LogP contribution in [0.4, 0.5) is 0 Å². The van der Waals surface area contributed by atoms with E-state index in [2.05, 4.69) is 51.2 Å². The molecule has 1 fully saturated rings. The minimum absolute atomic E-state index is 0.0349. The number of rotatable bonds is 5. The Kier molecular flexibility index (Phi) is 6.03. The Labute approximate surface area is 145 Å². The highest BCUT2D eigenvalue weighted by molar-refractivity contribution is 5.84. The van der Waals surface area contributed by atoms with Crippen LogP contribution in [0.25, 0.3) is 0 Å². The predicted molar refractivity (Wildman–Crippen MR) is 96.5 cm³/mol. The molecule has 24 heavy (non-hydrogen) atoms. The molecule has 0 bridgehead atoms. The molecular formula is C20H30N2O2. The summed E-state index contributed by atoms with van der Waals surface area (Å²) in [7, 11) is 0. The monoisotopic (exact) mass is 330 g/mol. The molecule has 2 amide bonds. The van der Waals surface area contributed by atoms with Gasteiger partial charge >= 0.3 is 0 Å². The first-order valence-electron chi connectivity index (χ1n) is 8.93. The van der Waals surface area contributed by atoms with Crippen molar-refractivity contribution in [3.05, 3.63) is 34.9 Å². The first kappa shape index (κ1) is 18.5. The van der Waals surface area contributed by atoms with Gasteiger partial charge in [0.05, 0.1) is 5.92 Å². The highest BCUT2D eigenvalue weighted by Gasteiger charge is 2.36. The van der Waals surface area contributed by atoms with Crippen LogP contribution in [0, 0.1) is 25.7 Å². The molecule has 0 aliphatic carbocycles. The summed E-state index contributed by atoms with van der Waals surface area (Å²) in [5, 5.41) is 3.08.